The third kappa shape index (κ3) is 14.2. The van der Waals surface area contributed by atoms with Crippen molar-refractivity contribution in [1.29, 1.82) is 0 Å². The Bertz CT molecular complexity index is 581. The van der Waals surface area contributed by atoms with Crippen LogP contribution < -0.4 is 5.32 Å². The third-order valence-corrected chi connectivity index (χ3v) is 4.53. The van der Waals surface area contributed by atoms with Crippen molar-refractivity contribution >= 4 is 10.1 Å². The van der Waals surface area contributed by atoms with Crippen LogP contribution in [-0.4, -0.2) is 69.4 Å². The topological polar surface area (TPSA) is 86.6 Å². The summed E-state index contributed by atoms with van der Waals surface area (Å²) in [5, 5.41) is 13.0. The van der Waals surface area contributed by atoms with E-state index in [1.165, 1.54) is 37.8 Å². The zero-order chi connectivity index (χ0) is 20.2. The van der Waals surface area contributed by atoms with E-state index in [1.54, 1.807) is 12.1 Å². The van der Waals surface area contributed by atoms with Crippen molar-refractivity contribution in [3.05, 3.63) is 29.8 Å². The number of quaternary nitrogens is 1. The Morgan fingerprint density at radius 2 is 1.65 bits per heavy atom. The lowest BCUT2D eigenvalue weighted by atomic mass is 10.2. The van der Waals surface area contributed by atoms with Crippen LogP contribution in [0.2, 0.25) is 0 Å². The van der Waals surface area contributed by atoms with Gasteiger partial charge in [0.2, 0.25) is 0 Å². The fourth-order valence-electron chi connectivity index (χ4n) is 2.35. The molecular formula is C19H37N2O4S+. The molecule has 26 heavy (non-hydrogen) atoms. The summed E-state index contributed by atoms with van der Waals surface area (Å²) >= 11 is 0. The lowest BCUT2D eigenvalue weighted by Crippen LogP contribution is -2.45. The number of nitrogens with zero attached hydrogens (tertiary/aromatic N) is 1. The van der Waals surface area contributed by atoms with Gasteiger partial charge in [0.25, 0.3) is 10.1 Å². The van der Waals surface area contributed by atoms with Gasteiger partial charge >= 0.3 is 0 Å². The minimum Gasteiger partial charge on any atom is -0.386 e. The molecule has 0 amide bonds. The average molecular weight is 390 g/mol. The van der Waals surface area contributed by atoms with Crippen LogP contribution in [0.5, 0.6) is 0 Å². The van der Waals surface area contributed by atoms with Crippen molar-refractivity contribution in [2.45, 2.75) is 50.5 Å². The second kappa shape index (κ2) is 12.4. The largest absolute Gasteiger partial charge is 0.386 e. The van der Waals surface area contributed by atoms with E-state index >= 15 is 0 Å². The quantitative estimate of drug-likeness (QED) is 0.325. The molecule has 6 nitrogen and oxygen atoms in total. The Balaban J connectivity index is 0.000000502. The first-order chi connectivity index (χ1) is 12.0. The van der Waals surface area contributed by atoms with Crippen LogP contribution in [0.1, 0.15) is 38.2 Å². The Labute approximate surface area is 159 Å². The minimum atomic E-state index is -4.02. The number of rotatable bonds is 10. The van der Waals surface area contributed by atoms with Crippen molar-refractivity contribution in [3.63, 3.8) is 0 Å². The van der Waals surface area contributed by atoms with E-state index in [-0.39, 0.29) is 11.0 Å². The number of aryl methyl sites for hydroxylation is 1. The molecule has 0 aliphatic rings. The van der Waals surface area contributed by atoms with Crippen LogP contribution in [0.3, 0.4) is 0 Å². The third-order valence-electron chi connectivity index (χ3n) is 3.66. The molecule has 7 heteroatoms. The van der Waals surface area contributed by atoms with Gasteiger partial charge in [-0.1, -0.05) is 43.9 Å². The number of benzene rings is 1. The summed E-state index contributed by atoms with van der Waals surface area (Å²) in [5.41, 5.74) is 0.956. The van der Waals surface area contributed by atoms with Crippen molar-refractivity contribution in [2.24, 2.45) is 0 Å². The predicted molar refractivity (Wildman–Crippen MR) is 107 cm³/mol. The molecule has 1 rings (SSSR count). The highest BCUT2D eigenvalue weighted by Crippen LogP contribution is 2.08. The SMILES string of the molecule is CCCCCCNCC(O)C[N+](C)(C)C.Cc1ccc(S(=O)(=O)O)cc1. The van der Waals surface area contributed by atoms with Gasteiger partial charge in [-0.15, -0.1) is 0 Å². The molecule has 0 aliphatic carbocycles. The summed E-state index contributed by atoms with van der Waals surface area (Å²) in [6.07, 6.45) is 4.91. The molecule has 0 aliphatic heterocycles. The van der Waals surface area contributed by atoms with Crippen molar-refractivity contribution < 1.29 is 22.6 Å². The molecule has 0 aromatic heterocycles. The number of nitrogens with one attached hydrogen (secondary N) is 1. The average Bonchev–Trinajstić information content (AvgIpc) is 2.49. The molecule has 0 radical (unpaired) electrons. The van der Waals surface area contributed by atoms with Crippen LogP contribution in [0.15, 0.2) is 29.2 Å². The van der Waals surface area contributed by atoms with Gasteiger partial charge in [-0.3, -0.25) is 4.55 Å². The highest BCUT2D eigenvalue weighted by molar-refractivity contribution is 7.85. The lowest BCUT2D eigenvalue weighted by Gasteiger charge is -2.26. The van der Waals surface area contributed by atoms with E-state index in [0.717, 1.165) is 29.7 Å². The number of aliphatic hydroxyl groups is 1. The van der Waals surface area contributed by atoms with Gasteiger partial charge in [0, 0.05) is 6.54 Å². The molecule has 0 heterocycles. The summed E-state index contributed by atoms with van der Waals surface area (Å²) in [6, 6.07) is 5.99. The highest BCUT2D eigenvalue weighted by Gasteiger charge is 2.14. The van der Waals surface area contributed by atoms with Crippen molar-refractivity contribution in [2.75, 3.05) is 40.8 Å². The maximum atomic E-state index is 10.5. The van der Waals surface area contributed by atoms with Crippen LogP contribution in [0, 0.1) is 6.92 Å². The summed E-state index contributed by atoms with van der Waals surface area (Å²) in [7, 11) is 2.29. The van der Waals surface area contributed by atoms with Crippen LogP contribution >= 0.6 is 0 Å². The fourth-order valence-corrected chi connectivity index (χ4v) is 2.83. The van der Waals surface area contributed by atoms with E-state index in [4.69, 9.17) is 4.55 Å². The summed E-state index contributed by atoms with van der Waals surface area (Å²) in [4.78, 5) is -0.0666. The first-order valence-corrected chi connectivity index (χ1v) is 10.6. The van der Waals surface area contributed by atoms with Crippen LogP contribution in [-0.2, 0) is 10.1 Å². The summed E-state index contributed by atoms with van der Waals surface area (Å²) in [5.74, 6) is 0. The van der Waals surface area contributed by atoms with E-state index in [1.807, 2.05) is 6.92 Å². The number of aliphatic hydroxyl groups excluding tert-OH is 1. The van der Waals surface area contributed by atoms with Crippen molar-refractivity contribution in [1.82, 2.24) is 5.32 Å². The molecule has 1 aromatic rings. The number of hydrogen-bond acceptors (Lipinski definition) is 4. The van der Waals surface area contributed by atoms with E-state index < -0.39 is 10.1 Å². The zero-order valence-corrected chi connectivity index (χ0v) is 17.7. The Morgan fingerprint density at radius 1 is 1.08 bits per heavy atom. The predicted octanol–water partition coefficient (Wildman–Crippen LogP) is 2.47. The monoisotopic (exact) mass is 389 g/mol. The standard InChI is InChI=1S/C12H29N2O.C7H8O3S/c1-5-6-7-8-9-13-10-12(15)11-14(2,3)4;1-6-2-4-7(5-3-6)11(8,9)10/h12-13,15H,5-11H2,1-4H3;2-5H,1H3,(H,8,9,10)/q+1;. The second-order valence-corrected chi connectivity index (χ2v) is 9.10. The molecular weight excluding hydrogens is 352 g/mol. The van der Waals surface area contributed by atoms with Crippen LogP contribution in [0.4, 0.5) is 0 Å². The fraction of sp³-hybridized carbons (Fsp3) is 0.684. The van der Waals surface area contributed by atoms with Gasteiger partial charge in [0.1, 0.15) is 12.6 Å². The first-order valence-electron chi connectivity index (χ1n) is 9.19. The van der Waals surface area contributed by atoms with Gasteiger partial charge in [-0.2, -0.15) is 8.42 Å². The van der Waals surface area contributed by atoms with Crippen LogP contribution in [0.25, 0.3) is 0 Å². The highest BCUT2D eigenvalue weighted by atomic mass is 32.2. The molecule has 1 atom stereocenters. The number of hydrogen-bond donors (Lipinski definition) is 3. The first kappa shape index (κ1) is 25.0. The maximum absolute atomic E-state index is 10.5. The summed E-state index contributed by atoms with van der Waals surface area (Å²) < 4.78 is 30.4. The van der Waals surface area contributed by atoms with E-state index in [9.17, 15) is 13.5 Å². The van der Waals surface area contributed by atoms with Gasteiger partial charge in [-0.25, -0.2) is 0 Å². The van der Waals surface area contributed by atoms with E-state index in [0.29, 0.717) is 0 Å². The second-order valence-electron chi connectivity index (χ2n) is 7.68. The van der Waals surface area contributed by atoms with Crippen molar-refractivity contribution in [3.8, 4) is 0 Å². The Hall–Kier alpha value is -0.990. The van der Waals surface area contributed by atoms with E-state index in [2.05, 4.69) is 33.4 Å². The lowest BCUT2D eigenvalue weighted by molar-refractivity contribution is -0.873. The Morgan fingerprint density at radius 3 is 2.12 bits per heavy atom. The number of unbranched alkanes of at least 4 members (excludes halogenated alkanes) is 3. The van der Waals surface area contributed by atoms with Gasteiger partial charge in [0.05, 0.1) is 26.0 Å². The molecule has 1 aromatic carbocycles. The molecule has 0 fully saturated rings. The molecule has 0 saturated heterocycles. The van der Waals surface area contributed by atoms with Gasteiger partial charge in [0.15, 0.2) is 0 Å². The normalized spacial score (nSPS) is 13.0. The smallest absolute Gasteiger partial charge is 0.294 e. The van der Waals surface area contributed by atoms with Gasteiger partial charge in [-0.05, 0) is 32.0 Å². The Kier molecular flexibility index (Phi) is 11.9. The molecule has 0 bridgehead atoms. The molecule has 152 valence electrons. The minimum absolute atomic E-state index is 0.0666. The number of likely N-dealkylation sites (N-methyl/N-ethyl adjacent to an activating group) is 1. The van der Waals surface area contributed by atoms with Gasteiger partial charge < -0.3 is 14.9 Å². The molecule has 1 unspecified atom stereocenters. The molecule has 3 N–H and O–H groups in total. The zero-order valence-electron chi connectivity index (χ0n) is 16.9. The maximum Gasteiger partial charge on any atom is 0.294 e. The molecule has 0 saturated carbocycles. The summed E-state index contributed by atoms with van der Waals surface area (Å²) in [6.45, 7) is 6.63. The molecule has 0 spiro atoms.